The maximum absolute atomic E-state index is 12.4. The molecule has 1 aromatic rings. The van der Waals surface area contributed by atoms with Crippen LogP contribution in [0.3, 0.4) is 0 Å². The van der Waals surface area contributed by atoms with E-state index in [0.29, 0.717) is 16.6 Å². The van der Waals surface area contributed by atoms with Crippen molar-refractivity contribution in [2.24, 2.45) is 11.7 Å². The van der Waals surface area contributed by atoms with E-state index in [9.17, 15) is 4.79 Å². The standard InChI is InChI=1S/C15H20Cl2N2O/c1-19(9-10-2-7-13(16)14(17)8-10)15(20)11-3-5-12(18)6-4-11/h2,7-8,11-12H,3-6,9,18H2,1H3. The van der Waals surface area contributed by atoms with Crippen molar-refractivity contribution in [1.82, 2.24) is 4.90 Å². The van der Waals surface area contributed by atoms with Crippen molar-refractivity contribution in [2.75, 3.05) is 7.05 Å². The van der Waals surface area contributed by atoms with Crippen LogP contribution in [0.4, 0.5) is 0 Å². The Kier molecular flexibility index (Phi) is 5.30. The normalized spacial score (nSPS) is 22.6. The van der Waals surface area contributed by atoms with E-state index in [0.717, 1.165) is 31.2 Å². The van der Waals surface area contributed by atoms with Gasteiger partial charge in [0, 0.05) is 25.6 Å². The summed E-state index contributed by atoms with van der Waals surface area (Å²) in [6.45, 7) is 0.554. The monoisotopic (exact) mass is 314 g/mol. The smallest absolute Gasteiger partial charge is 0.225 e. The van der Waals surface area contributed by atoms with E-state index in [1.807, 2.05) is 19.2 Å². The maximum atomic E-state index is 12.4. The molecule has 0 radical (unpaired) electrons. The van der Waals surface area contributed by atoms with Crippen molar-refractivity contribution < 1.29 is 4.79 Å². The molecule has 0 atom stereocenters. The second-order valence-corrected chi connectivity index (χ2v) is 6.37. The van der Waals surface area contributed by atoms with Gasteiger partial charge in [-0.1, -0.05) is 29.3 Å². The number of rotatable bonds is 3. The predicted octanol–water partition coefficient (Wildman–Crippen LogP) is 3.47. The zero-order chi connectivity index (χ0) is 14.7. The van der Waals surface area contributed by atoms with Gasteiger partial charge < -0.3 is 10.6 Å². The molecule has 1 aliphatic carbocycles. The van der Waals surface area contributed by atoms with Gasteiger partial charge in [-0.2, -0.15) is 0 Å². The number of benzene rings is 1. The van der Waals surface area contributed by atoms with Gasteiger partial charge in [-0.05, 0) is 43.4 Å². The second kappa shape index (κ2) is 6.79. The van der Waals surface area contributed by atoms with E-state index >= 15 is 0 Å². The maximum Gasteiger partial charge on any atom is 0.225 e. The highest BCUT2D eigenvalue weighted by Crippen LogP contribution is 2.26. The summed E-state index contributed by atoms with van der Waals surface area (Å²) in [6.07, 6.45) is 3.67. The lowest BCUT2D eigenvalue weighted by Gasteiger charge is -2.29. The Balaban J connectivity index is 1.95. The van der Waals surface area contributed by atoms with Crippen molar-refractivity contribution >= 4 is 29.1 Å². The Morgan fingerprint density at radius 3 is 2.50 bits per heavy atom. The molecule has 0 aromatic heterocycles. The minimum Gasteiger partial charge on any atom is -0.341 e. The van der Waals surface area contributed by atoms with Gasteiger partial charge in [-0.25, -0.2) is 0 Å². The number of amides is 1. The molecule has 20 heavy (non-hydrogen) atoms. The molecule has 0 bridgehead atoms. The summed E-state index contributed by atoms with van der Waals surface area (Å²) >= 11 is 11.9. The Bertz CT molecular complexity index is 485. The average molecular weight is 315 g/mol. The van der Waals surface area contributed by atoms with Crippen LogP contribution in [0.2, 0.25) is 10.0 Å². The highest BCUT2D eigenvalue weighted by Gasteiger charge is 2.26. The summed E-state index contributed by atoms with van der Waals surface area (Å²) in [5, 5.41) is 1.05. The second-order valence-electron chi connectivity index (χ2n) is 5.55. The van der Waals surface area contributed by atoms with Crippen molar-refractivity contribution in [3.63, 3.8) is 0 Å². The number of nitrogens with zero attached hydrogens (tertiary/aromatic N) is 1. The lowest BCUT2D eigenvalue weighted by atomic mass is 9.85. The average Bonchev–Trinajstić information content (AvgIpc) is 2.43. The van der Waals surface area contributed by atoms with Gasteiger partial charge in [0.2, 0.25) is 5.91 Å². The first-order valence-electron chi connectivity index (χ1n) is 6.92. The quantitative estimate of drug-likeness (QED) is 0.928. The van der Waals surface area contributed by atoms with Crippen molar-refractivity contribution in [3.05, 3.63) is 33.8 Å². The van der Waals surface area contributed by atoms with Gasteiger partial charge >= 0.3 is 0 Å². The van der Waals surface area contributed by atoms with Crippen LogP contribution in [0, 0.1) is 5.92 Å². The van der Waals surface area contributed by atoms with Crippen LogP contribution in [0.15, 0.2) is 18.2 Å². The molecule has 2 N–H and O–H groups in total. The molecule has 0 saturated heterocycles. The van der Waals surface area contributed by atoms with Crippen LogP contribution in [0.5, 0.6) is 0 Å². The van der Waals surface area contributed by atoms with Gasteiger partial charge in [-0.15, -0.1) is 0 Å². The van der Waals surface area contributed by atoms with E-state index in [1.54, 1.807) is 11.0 Å². The van der Waals surface area contributed by atoms with Crippen LogP contribution in [0.25, 0.3) is 0 Å². The molecule has 1 amide bonds. The molecule has 0 heterocycles. The zero-order valence-electron chi connectivity index (χ0n) is 11.6. The molecule has 2 rings (SSSR count). The Hall–Kier alpha value is -0.770. The summed E-state index contributed by atoms with van der Waals surface area (Å²) in [5.74, 6) is 0.311. The fraction of sp³-hybridized carbons (Fsp3) is 0.533. The molecule has 1 aliphatic rings. The molecule has 0 aliphatic heterocycles. The molecule has 5 heteroatoms. The molecule has 0 unspecified atom stereocenters. The number of carbonyl (C=O) groups excluding carboxylic acids is 1. The summed E-state index contributed by atoms with van der Waals surface area (Å²) in [7, 11) is 1.83. The van der Waals surface area contributed by atoms with E-state index in [1.165, 1.54) is 0 Å². The summed E-state index contributed by atoms with van der Waals surface area (Å²) in [5.41, 5.74) is 6.86. The zero-order valence-corrected chi connectivity index (χ0v) is 13.1. The Morgan fingerprint density at radius 1 is 1.25 bits per heavy atom. The SMILES string of the molecule is CN(Cc1ccc(Cl)c(Cl)c1)C(=O)C1CCC(N)CC1. The van der Waals surface area contributed by atoms with Crippen LogP contribution >= 0.6 is 23.2 Å². The highest BCUT2D eigenvalue weighted by atomic mass is 35.5. The summed E-state index contributed by atoms with van der Waals surface area (Å²) in [6, 6.07) is 5.73. The third-order valence-corrected chi connectivity index (χ3v) is 4.64. The first-order valence-corrected chi connectivity index (χ1v) is 7.67. The number of halogens is 2. The Morgan fingerprint density at radius 2 is 1.90 bits per heavy atom. The Labute approximate surface area is 130 Å². The van der Waals surface area contributed by atoms with E-state index in [-0.39, 0.29) is 17.9 Å². The molecular formula is C15H20Cl2N2O. The molecule has 3 nitrogen and oxygen atoms in total. The van der Waals surface area contributed by atoms with Gasteiger partial charge in [0.1, 0.15) is 0 Å². The molecule has 1 aromatic carbocycles. The third-order valence-electron chi connectivity index (χ3n) is 3.90. The largest absolute Gasteiger partial charge is 0.341 e. The predicted molar refractivity (Wildman–Crippen MR) is 82.9 cm³/mol. The fourth-order valence-corrected chi connectivity index (χ4v) is 2.99. The fourth-order valence-electron chi connectivity index (χ4n) is 2.67. The van der Waals surface area contributed by atoms with E-state index in [4.69, 9.17) is 28.9 Å². The minimum absolute atomic E-state index is 0.113. The van der Waals surface area contributed by atoms with Gasteiger partial charge in [0.25, 0.3) is 0 Å². The molecular weight excluding hydrogens is 295 g/mol. The van der Waals surface area contributed by atoms with Crippen LogP contribution < -0.4 is 5.73 Å². The lowest BCUT2D eigenvalue weighted by molar-refractivity contribution is -0.135. The number of hydrogen-bond acceptors (Lipinski definition) is 2. The van der Waals surface area contributed by atoms with E-state index in [2.05, 4.69) is 0 Å². The van der Waals surface area contributed by atoms with Crippen LogP contribution in [-0.4, -0.2) is 23.9 Å². The summed E-state index contributed by atoms with van der Waals surface area (Å²) in [4.78, 5) is 14.2. The third kappa shape index (κ3) is 3.87. The molecule has 110 valence electrons. The van der Waals surface area contributed by atoms with Gasteiger partial charge in [0.05, 0.1) is 10.0 Å². The van der Waals surface area contributed by atoms with Gasteiger partial charge in [0.15, 0.2) is 0 Å². The molecule has 1 fully saturated rings. The first-order chi connectivity index (χ1) is 9.47. The number of carbonyl (C=O) groups is 1. The summed E-state index contributed by atoms with van der Waals surface area (Å²) < 4.78 is 0. The van der Waals surface area contributed by atoms with Crippen LogP contribution in [0.1, 0.15) is 31.2 Å². The number of nitrogens with two attached hydrogens (primary N) is 1. The molecule has 0 spiro atoms. The minimum atomic E-state index is 0.113. The molecule has 1 saturated carbocycles. The first kappa shape index (κ1) is 15.6. The topological polar surface area (TPSA) is 46.3 Å². The van der Waals surface area contributed by atoms with Crippen molar-refractivity contribution in [1.29, 1.82) is 0 Å². The lowest BCUT2D eigenvalue weighted by Crippen LogP contribution is -2.37. The van der Waals surface area contributed by atoms with Crippen molar-refractivity contribution in [2.45, 2.75) is 38.3 Å². The highest BCUT2D eigenvalue weighted by molar-refractivity contribution is 6.42. The number of hydrogen-bond donors (Lipinski definition) is 1. The van der Waals surface area contributed by atoms with Gasteiger partial charge in [-0.3, -0.25) is 4.79 Å². The van der Waals surface area contributed by atoms with E-state index < -0.39 is 0 Å². The van der Waals surface area contributed by atoms with Crippen LogP contribution in [-0.2, 0) is 11.3 Å². The van der Waals surface area contributed by atoms with Crippen molar-refractivity contribution in [3.8, 4) is 0 Å².